The summed E-state index contributed by atoms with van der Waals surface area (Å²) in [5.41, 5.74) is 4.96. The van der Waals surface area contributed by atoms with Gasteiger partial charge in [0.1, 0.15) is 12.1 Å². The Morgan fingerprint density at radius 2 is 1.75 bits per heavy atom. The molecule has 0 aliphatic carbocycles. The molecule has 0 unspecified atom stereocenters. The van der Waals surface area contributed by atoms with Crippen LogP contribution in [0.5, 0.6) is 0 Å². The van der Waals surface area contributed by atoms with Crippen molar-refractivity contribution in [1.82, 2.24) is 25.6 Å². The minimum Gasteiger partial charge on any atom is -0.267 e. The van der Waals surface area contributed by atoms with Gasteiger partial charge >= 0.3 is 0 Å². The number of nitrogens with zero attached hydrogens (tertiary/aromatic N) is 5. The van der Waals surface area contributed by atoms with Crippen molar-refractivity contribution in [2.75, 3.05) is 0 Å². The van der Waals surface area contributed by atoms with Crippen LogP contribution < -0.4 is 5.43 Å². The number of hydrogen-bond acceptors (Lipinski definition) is 5. The summed E-state index contributed by atoms with van der Waals surface area (Å²) in [5.74, 6) is -0.669. The lowest BCUT2D eigenvalue weighted by atomic mass is 10.1. The molecule has 0 saturated heterocycles. The van der Waals surface area contributed by atoms with E-state index in [-0.39, 0.29) is 11.7 Å². The molecule has 1 N–H and O–H groups in total. The number of benzene rings is 2. The zero-order chi connectivity index (χ0) is 16.9. The van der Waals surface area contributed by atoms with E-state index in [4.69, 9.17) is 0 Å². The molecular formula is C16H13FN6O. The largest absolute Gasteiger partial charge is 0.271 e. The number of rotatable bonds is 4. The van der Waals surface area contributed by atoms with Crippen LogP contribution in [0.1, 0.15) is 22.8 Å². The van der Waals surface area contributed by atoms with Gasteiger partial charge in [0.2, 0.25) is 0 Å². The molecule has 1 aromatic heterocycles. The van der Waals surface area contributed by atoms with Crippen LogP contribution in [-0.4, -0.2) is 31.8 Å². The van der Waals surface area contributed by atoms with E-state index in [1.54, 1.807) is 43.3 Å². The number of halogens is 1. The van der Waals surface area contributed by atoms with Crippen LogP contribution in [0.15, 0.2) is 60.0 Å². The molecule has 0 fully saturated rings. The number of tetrazole rings is 1. The zero-order valence-corrected chi connectivity index (χ0v) is 12.7. The second-order valence-electron chi connectivity index (χ2n) is 4.95. The molecule has 2 aromatic carbocycles. The van der Waals surface area contributed by atoms with Crippen LogP contribution in [-0.2, 0) is 0 Å². The lowest BCUT2D eigenvalue weighted by Crippen LogP contribution is -2.19. The molecule has 24 heavy (non-hydrogen) atoms. The second-order valence-corrected chi connectivity index (χ2v) is 4.95. The van der Waals surface area contributed by atoms with Crippen LogP contribution in [0.25, 0.3) is 5.69 Å². The SMILES string of the molecule is C/C(=N\NC(=O)c1ccc(-n2cnnn2)cc1)c1ccc(F)cc1. The summed E-state index contributed by atoms with van der Waals surface area (Å²) in [6.07, 6.45) is 1.46. The van der Waals surface area contributed by atoms with Crippen LogP contribution in [0.2, 0.25) is 0 Å². The summed E-state index contributed by atoms with van der Waals surface area (Å²) in [4.78, 5) is 12.1. The Morgan fingerprint density at radius 1 is 1.08 bits per heavy atom. The van der Waals surface area contributed by atoms with Crippen molar-refractivity contribution in [3.05, 3.63) is 71.8 Å². The Morgan fingerprint density at radius 3 is 2.38 bits per heavy atom. The molecule has 0 saturated carbocycles. The number of hydrazone groups is 1. The highest BCUT2D eigenvalue weighted by atomic mass is 19.1. The summed E-state index contributed by atoms with van der Waals surface area (Å²) >= 11 is 0. The van der Waals surface area contributed by atoms with Gasteiger partial charge in [-0.3, -0.25) is 4.79 Å². The molecule has 0 spiro atoms. The van der Waals surface area contributed by atoms with Crippen molar-refractivity contribution in [1.29, 1.82) is 0 Å². The third kappa shape index (κ3) is 3.49. The summed E-state index contributed by atoms with van der Waals surface area (Å²) < 4.78 is 14.4. The predicted molar refractivity (Wildman–Crippen MR) is 85.2 cm³/mol. The van der Waals surface area contributed by atoms with E-state index < -0.39 is 0 Å². The average Bonchev–Trinajstić information content (AvgIpc) is 3.15. The second kappa shape index (κ2) is 6.78. The number of amides is 1. The van der Waals surface area contributed by atoms with Crippen LogP contribution in [0, 0.1) is 5.82 Å². The lowest BCUT2D eigenvalue weighted by molar-refractivity contribution is 0.0955. The van der Waals surface area contributed by atoms with E-state index in [0.717, 1.165) is 11.3 Å². The molecule has 3 aromatic rings. The van der Waals surface area contributed by atoms with Crippen molar-refractivity contribution in [2.45, 2.75) is 6.92 Å². The Labute approximate surface area is 136 Å². The van der Waals surface area contributed by atoms with Gasteiger partial charge in [-0.2, -0.15) is 5.10 Å². The first kappa shape index (κ1) is 15.5. The first-order valence-corrected chi connectivity index (χ1v) is 7.07. The molecule has 0 bridgehead atoms. The predicted octanol–water partition coefficient (Wildman–Crippen LogP) is 1.96. The minimum absolute atomic E-state index is 0.321. The number of hydrogen-bond donors (Lipinski definition) is 1. The maximum absolute atomic E-state index is 12.9. The van der Waals surface area contributed by atoms with Gasteiger partial charge in [-0.15, -0.1) is 5.10 Å². The Kier molecular flexibility index (Phi) is 4.37. The number of carbonyl (C=O) groups excluding carboxylic acids is 1. The third-order valence-electron chi connectivity index (χ3n) is 3.33. The van der Waals surface area contributed by atoms with Crippen molar-refractivity contribution in [3.63, 3.8) is 0 Å². The van der Waals surface area contributed by atoms with Gasteiger partial charge in [0, 0.05) is 5.56 Å². The number of aromatic nitrogens is 4. The first-order chi connectivity index (χ1) is 11.6. The smallest absolute Gasteiger partial charge is 0.267 e. The van der Waals surface area contributed by atoms with E-state index in [9.17, 15) is 9.18 Å². The Balaban J connectivity index is 1.68. The normalized spacial score (nSPS) is 11.3. The van der Waals surface area contributed by atoms with Crippen molar-refractivity contribution in [3.8, 4) is 5.69 Å². The van der Waals surface area contributed by atoms with E-state index in [1.807, 2.05) is 0 Å². The fraction of sp³-hybridized carbons (Fsp3) is 0.0625. The van der Waals surface area contributed by atoms with Gasteiger partial charge in [0.25, 0.3) is 5.91 Å². The molecule has 0 atom stereocenters. The van der Waals surface area contributed by atoms with Crippen LogP contribution in [0.4, 0.5) is 4.39 Å². The third-order valence-corrected chi connectivity index (χ3v) is 3.33. The van der Waals surface area contributed by atoms with Crippen molar-refractivity contribution >= 4 is 11.6 Å². The van der Waals surface area contributed by atoms with Crippen LogP contribution >= 0.6 is 0 Å². The molecule has 120 valence electrons. The molecule has 0 aliphatic heterocycles. The van der Waals surface area contributed by atoms with Gasteiger partial charge in [-0.25, -0.2) is 14.5 Å². The standard InChI is InChI=1S/C16H13FN6O/c1-11(12-2-6-14(17)7-3-12)19-20-16(24)13-4-8-15(9-5-13)23-10-18-21-22-23/h2-10H,1H3,(H,20,24)/b19-11+. The Hall–Kier alpha value is -3.42. The lowest BCUT2D eigenvalue weighted by Gasteiger charge is -2.04. The summed E-state index contributed by atoms with van der Waals surface area (Å²) in [6, 6.07) is 12.6. The van der Waals surface area contributed by atoms with Gasteiger partial charge in [-0.1, -0.05) is 12.1 Å². The fourth-order valence-corrected chi connectivity index (χ4v) is 2.00. The van der Waals surface area contributed by atoms with E-state index in [1.165, 1.54) is 23.1 Å². The van der Waals surface area contributed by atoms with Gasteiger partial charge < -0.3 is 0 Å². The number of nitrogens with one attached hydrogen (secondary N) is 1. The number of carbonyl (C=O) groups is 1. The monoisotopic (exact) mass is 324 g/mol. The highest BCUT2D eigenvalue weighted by molar-refractivity contribution is 6.00. The highest BCUT2D eigenvalue weighted by Crippen LogP contribution is 2.08. The van der Waals surface area contributed by atoms with E-state index in [0.29, 0.717) is 11.3 Å². The van der Waals surface area contributed by atoms with Gasteiger partial charge in [0.15, 0.2) is 0 Å². The van der Waals surface area contributed by atoms with Crippen LogP contribution in [0.3, 0.4) is 0 Å². The molecule has 1 amide bonds. The molecular weight excluding hydrogens is 311 g/mol. The highest BCUT2D eigenvalue weighted by Gasteiger charge is 2.06. The molecule has 1 heterocycles. The topological polar surface area (TPSA) is 85.1 Å². The summed E-state index contributed by atoms with van der Waals surface area (Å²) in [5, 5.41) is 14.9. The van der Waals surface area contributed by atoms with Crippen molar-refractivity contribution in [2.24, 2.45) is 5.10 Å². The minimum atomic E-state index is -0.347. The molecule has 7 nitrogen and oxygen atoms in total. The quantitative estimate of drug-likeness (QED) is 0.587. The Bertz CT molecular complexity index is 857. The maximum atomic E-state index is 12.9. The van der Waals surface area contributed by atoms with E-state index in [2.05, 4.69) is 26.1 Å². The first-order valence-electron chi connectivity index (χ1n) is 7.07. The van der Waals surface area contributed by atoms with Gasteiger partial charge in [-0.05, 0) is 59.3 Å². The molecule has 0 aliphatic rings. The fourth-order valence-electron chi connectivity index (χ4n) is 2.00. The van der Waals surface area contributed by atoms with E-state index >= 15 is 0 Å². The zero-order valence-electron chi connectivity index (χ0n) is 12.7. The summed E-state index contributed by atoms with van der Waals surface area (Å²) in [7, 11) is 0. The summed E-state index contributed by atoms with van der Waals surface area (Å²) in [6.45, 7) is 1.73. The molecule has 0 radical (unpaired) electrons. The molecule has 8 heteroatoms. The van der Waals surface area contributed by atoms with Gasteiger partial charge in [0.05, 0.1) is 11.4 Å². The van der Waals surface area contributed by atoms with Crippen molar-refractivity contribution < 1.29 is 9.18 Å². The average molecular weight is 324 g/mol. The maximum Gasteiger partial charge on any atom is 0.271 e. The molecule has 3 rings (SSSR count).